The van der Waals surface area contributed by atoms with E-state index < -0.39 is 34.6 Å². The number of nitro benzene ring substituents is 1. The van der Waals surface area contributed by atoms with Crippen molar-refractivity contribution >= 4 is 11.5 Å². The molecule has 0 saturated carbocycles. The smallest absolute Gasteiger partial charge is 0.300 e. The Morgan fingerprint density at radius 3 is 2.41 bits per heavy atom. The van der Waals surface area contributed by atoms with Gasteiger partial charge in [0.1, 0.15) is 5.78 Å². The number of hydrogen-bond acceptors (Lipinski definition) is 3. The summed E-state index contributed by atoms with van der Waals surface area (Å²) in [7, 11) is 0. The van der Waals surface area contributed by atoms with Crippen molar-refractivity contribution in [3.63, 3.8) is 0 Å². The van der Waals surface area contributed by atoms with Gasteiger partial charge in [-0.05, 0) is 12.5 Å². The van der Waals surface area contributed by atoms with E-state index in [0.29, 0.717) is 6.07 Å². The fourth-order valence-electron chi connectivity index (χ4n) is 1.36. The van der Waals surface area contributed by atoms with Crippen molar-refractivity contribution in [2.45, 2.75) is 19.5 Å². The van der Waals surface area contributed by atoms with Gasteiger partial charge in [0.15, 0.2) is 0 Å². The molecule has 0 saturated heterocycles. The lowest BCUT2D eigenvalue weighted by atomic mass is 10.0. The fourth-order valence-corrected chi connectivity index (χ4v) is 1.36. The van der Waals surface area contributed by atoms with E-state index in [1.54, 1.807) is 0 Å². The summed E-state index contributed by atoms with van der Waals surface area (Å²) in [6, 6.07) is 2.36. The summed E-state index contributed by atoms with van der Waals surface area (Å²) < 4.78 is 37.8. The van der Waals surface area contributed by atoms with Gasteiger partial charge < -0.3 is 0 Å². The maximum Gasteiger partial charge on any atom is 0.416 e. The first kappa shape index (κ1) is 13.1. The molecule has 0 spiro atoms. The van der Waals surface area contributed by atoms with E-state index in [0.717, 1.165) is 19.1 Å². The standard InChI is InChI=1S/C10H8F3NO3/c1-6(15)4-7-2-3-8(14(16)17)5-9(7)10(11,12)13/h2-3,5H,4H2,1H3. The third-order valence-corrected chi connectivity index (χ3v) is 2.05. The first-order valence-electron chi connectivity index (χ1n) is 4.55. The first-order valence-corrected chi connectivity index (χ1v) is 4.55. The van der Waals surface area contributed by atoms with Crippen LogP contribution in [0.3, 0.4) is 0 Å². The molecule has 7 heteroatoms. The molecule has 0 fully saturated rings. The third-order valence-electron chi connectivity index (χ3n) is 2.05. The minimum absolute atomic E-state index is 0.254. The largest absolute Gasteiger partial charge is 0.416 e. The number of benzene rings is 1. The molecule has 1 aromatic carbocycles. The van der Waals surface area contributed by atoms with Gasteiger partial charge in [-0.3, -0.25) is 14.9 Å². The zero-order chi connectivity index (χ0) is 13.2. The lowest BCUT2D eigenvalue weighted by Gasteiger charge is -2.11. The summed E-state index contributed by atoms with van der Waals surface area (Å²) in [6.07, 6.45) is -5.11. The molecule has 92 valence electrons. The number of nitro groups is 1. The van der Waals surface area contributed by atoms with E-state index in [2.05, 4.69) is 0 Å². The summed E-state index contributed by atoms with van der Waals surface area (Å²) >= 11 is 0. The highest BCUT2D eigenvalue weighted by molar-refractivity contribution is 5.78. The predicted octanol–water partition coefficient (Wildman–Crippen LogP) is 2.75. The molecule has 0 heterocycles. The Hall–Kier alpha value is -1.92. The number of rotatable bonds is 3. The van der Waals surface area contributed by atoms with Crippen molar-refractivity contribution in [3.8, 4) is 0 Å². The number of nitrogens with zero attached hydrogens (tertiary/aromatic N) is 1. The van der Waals surface area contributed by atoms with Crippen LogP contribution in [0.25, 0.3) is 0 Å². The third kappa shape index (κ3) is 3.27. The Morgan fingerprint density at radius 2 is 2.00 bits per heavy atom. The highest BCUT2D eigenvalue weighted by Gasteiger charge is 2.35. The second-order valence-electron chi connectivity index (χ2n) is 3.48. The molecule has 0 aromatic heterocycles. The number of carbonyl (C=O) groups is 1. The number of ketones is 1. The average Bonchev–Trinajstić information content (AvgIpc) is 2.15. The molecule has 1 rings (SSSR count). The lowest BCUT2D eigenvalue weighted by Crippen LogP contribution is -2.12. The molecule has 0 N–H and O–H groups in total. The van der Waals surface area contributed by atoms with Gasteiger partial charge in [0.05, 0.1) is 10.5 Å². The molecule has 0 aliphatic rings. The highest BCUT2D eigenvalue weighted by Crippen LogP contribution is 2.34. The fraction of sp³-hybridized carbons (Fsp3) is 0.300. The van der Waals surface area contributed by atoms with Crippen LogP contribution >= 0.6 is 0 Å². The molecule has 0 atom stereocenters. The Labute approximate surface area is 94.2 Å². The quantitative estimate of drug-likeness (QED) is 0.609. The second-order valence-corrected chi connectivity index (χ2v) is 3.48. The van der Waals surface area contributed by atoms with Gasteiger partial charge in [-0.25, -0.2) is 0 Å². The van der Waals surface area contributed by atoms with Crippen LogP contribution in [-0.4, -0.2) is 10.7 Å². The van der Waals surface area contributed by atoms with Gasteiger partial charge in [0.25, 0.3) is 5.69 Å². The van der Waals surface area contributed by atoms with E-state index in [1.165, 1.54) is 0 Å². The van der Waals surface area contributed by atoms with Crippen molar-refractivity contribution in [1.29, 1.82) is 0 Å². The Morgan fingerprint density at radius 1 is 1.41 bits per heavy atom. The van der Waals surface area contributed by atoms with Crippen molar-refractivity contribution in [3.05, 3.63) is 39.4 Å². The number of halogens is 3. The van der Waals surface area contributed by atoms with Gasteiger partial charge in [-0.15, -0.1) is 0 Å². The van der Waals surface area contributed by atoms with Crippen LogP contribution in [0, 0.1) is 10.1 Å². The summed E-state index contributed by atoms with van der Waals surface area (Å²) in [5.74, 6) is -0.440. The number of carbonyl (C=O) groups excluding carboxylic acids is 1. The van der Waals surface area contributed by atoms with Crippen molar-refractivity contribution in [2.75, 3.05) is 0 Å². The van der Waals surface area contributed by atoms with Gasteiger partial charge in [-0.2, -0.15) is 13.2 Å². The van der Waals surface area contributed by atoms with Crippen LogP contribution in [0.5, 0.6) is 0 Å². The zero-order valence-corrected chi connectivity index (χ0v) is 8.75. The van der Waals surface area contributed by atoms with E-state index in [4.69, 9.17) is 0 Å². The van der Waals surface area contributed by atoms with E-state index >= 15 is 0 Å². The number of non-ortho nitro benzene ring substituents is 1. The minimum Gasteiger partial charge on any atom is -0.300 e. The highest BCUT2D eigenvalue weighted by atomic mass is 19.4. The molecule has 0 bridgehead atoms. The zero-order valence-electron chi connectivity index (χ0n) is 8.75. The van der Waals surface area contributed by atoms with Crippen molar-refractivity contribution in [2.24, 2.45) is 0 Å². The predicted molar refractivity (Wildman–Crippen MR) is 52.5 cm³/mol. The SMILES string of the molecule is CC(=O)Cc1ccc([N+](=O)[O-])cc1C(F)(F)F. The van der Waals surface area contributed by atoms with Gasteiger partial charge >= 0.3 is 6.18 Å². The maximum atomic E-state index is 12.6. The van der Waals surface area contributed by atoms with Gasteiger partial charge in [0, 0.05) is 18.6 Å². The van der Waals surface area contributed by atoms with Crippen LogP contribution in [0.15, 0.2) is 18.2 Å². The Kier molecular flexibility index (Phi) is 3.50. The molecule has 17 heavy (non-hydrogen) atoms. The van der Waals surface area contributed by atoms with Crippen LogP contribution in [-0.2, 0) is 17.4 Å². The van der Waals surface area contributed by atoms with E-state index in [9.17, 15) is 28.1 Å². The Balaban J connectivity index is 3.31. The minimum atomic E-state index is -4.71. The normalized spacial score (nSPS) is 11.3. The first-order chi connectivity index (χ1) is 7.71. The van der Waals surface area contributed by atoms with Crippen LogP contribution < -0.4 is 0 Å². The van der Waals surface area contributed by atoms with Gasteiger partial charge in [-0.1, -0.05) is 6.07 Å². The number of alkyl halides is 3. The maximum absolute atomic E-state index is 12.6. The molecule has 0 aliphatic carbocycles. The molecular formula is C10H8F3NO3. The summed E-state index contributed by atoms with van der Waals surface area (Å²) in [5.41, 5.74) is -2.04. The molecular weight excluding hydrogens is 239 g/mol. The van der Waals surface area contributed by atoms with Crippen LogP contribution in [0.1, 0.15) is 18.1 Å². The molecule has 4 nitrogen and oxygen atoms in total. The van der Waals surface area contributed by atoms with E-state index in [1.807, 2.05) is 0 Å². The average molecular weight is 247 g/mol. The van der Waals surface area contributed by atoms with Crippen LogP contribution in [0.2, 0.25) is 0 Å². The monoisotopic (exact) mass is 247 g/mol. The summed E-state index contributed by atoms with van der Waals surface area (Å²) in [4.78, 5) is 20.3. The molecule has 0 amide bonds. The van der Waals surface area contributed by atoms with E-state index in [-0.39, 0.29) is 5.56 Å². The molecule has 0 aliphatic heterocycles. The van der Waals surface area contributed by atoms with Crippen LogP contribution in [0.4, 0.5) is 18.9 Å². The molecule has 1 aromatic rings. The lowest BCUT2D eigenvalue weighted by molar-refractivity contribution is -0.385. The number of hydrogen-bond donors (Lipinski definition) is 0. The van der Waals surface area contributed by atoms with Crippen molar-refractivity contribution < 1.29 is 22.9 Å². The Bertz CT molecular complexity index is 468. The second kappa shape index (κ2) is 4.52. The van der Waals surface area contributed by atoms with Crippen molar-refractivity contribution in [1.82, 2.24) is 0 Å². The number of Topliss-reactive ketones (excluding diaryl/α,β-unsaturated/α-hetero) is 1. The summed E-state index contributed by atoms with van der Waals surface area (Å²) in [5, 5.41) is 10.4. The molecule has 0 unspecified atom stereocenters. The summed E-state index contributed by atoms with van der Waals surface area (Å²) in [6.45, 7) is 1.15. The molecule has 0 radical (unpaired) electrons. The van der Waals surface area contributed by atoms with Gasteiger partial charge in [0.2, 0.25) is 0 Å². The topological polar surface area (TPSA) is 60.2 Å².